The molecule has 1 rings (SSSR count). The van der Waals surface area contributed by atoms with E-state index in [0.717, 1.165) is 6.92 Å². The molecule has 0 atom stereocenters. The van der Waals surface area contributed by atoms with Crippen LogP contribution in [0.3, 0.4) is 0 Å². The molecule has 0 spiro atoms. The Morgan fingerprint density at radius 1 is 1.00 bits per heavy atom. The van der Waals surface area contributed by atoms with Crippen molar-refractivity contribution in [3.8, 4) is 0 Å². The molecule has 1 aromatic carbocycles. The van der Waals surface area contributed by atoms with E-state index in [1.807, 2.05) is 0 Å². The number of carboxylic acid groups (broad SMARTS) is 2. The van der Waals surface area contributed by atoms with Crippen molar-refractivity contribution in [2.24, 2.45) is 0 Å². The van der Waals surface area contributed by atoms with E-state index in [1.54, 1.807) is 18.2 Å². The highest BCUT2D eigenvalue weighted by molar-refractivity contribution is 6.17. The SMILES string of the molecule is CC(=O)OCOC(=C(C(=O)O)C(=O)O)c1ccccc1. The lowest BCUT2D eigenvalue weighted by atomic mass is 10.1. The van der Waals surface area contributed by atoms with Crippen LogP contribution in [0, 0.1) is 0 Å². The van der Waals surface area contributed by atoms with Gasteiger partial charge < -0.3 is 19.7 Å². The molecule has 0 fully saturated rings. The smallest absolute Gasteiger partial charge is 0.347 e. The van der Waals surface area contributed by atoms with Crippen molar-refractivity contribution in [3.05, 3.63) is 41.5 Å². The fourth-order valence-electron chi connectivity index (χ4n) is 1.35. The summed E-state index contributed by atoms with van der Waals surface area (Å²) in [7, 11) is 0. The third-order valence-electron chi connectivity index (χ3n) is 2.16. The fraction of sp³-hybridized carbons (Fsp3) is 0.154. The quantitative estimate of drug-likeness (QED) is 0.200. The van der Waals surface area contributed by atoms with Gasteiger partial charge in [-0.1, -0.05) is 30.3 Å². The van der Waals surface area contributed by atoms with E-state index in [9.17, 15) is 14.4 Å². The zero-order valence-electron chi connectivity index (χ0n) is 10.5. The summed E-state index contributed by atoms with van der Waals surface area (Å²) >= 11 is 0. The first-order valence-corrected chi connectivity index (χ1v) is 5.46. The lowest BCUT2D eigenvalue weighted by Crippen LogP contribution is -2.16. The van der Waals surface area contributed by atoms with Crippen molar-refractivity contribution >= 4 is 23.7 Å². The van der Waals surface area contributed by atoms with Crippen LogP contribution < -0.4 is 0 Å². The molecular formula is C13H12O7. The Hall–Kier alpha value is -2.83. The van der Waals surface area contributed by atoms with Gasteiger partial charge in [0.05, 0.1) is 0 Å². The van der Waals surface area contributed by atoms with Gasteiger partial charge in [0.2, 0.25) is 6.79 Å². The van der Waals surface area contributed by atoms with E-state index in [1.165, 1.54) is 12.1 Å². The van der Waals surface area contributed by atoms with Gasteiger partial charge in [0.1, 0.15) is 0 Å². The molecule has 0 saturated carbocycles. The highest BCUT2D eigenvalue weighted by Gasteiger charge is 2.25. The van der Waals surface area contributed by atoms with E-state index in [2.05, 4.69) is 4.74 Å². The molecule has 0 bridgehead atoms. The van der Waals surface area contributed by atoms with Gasteiger partial charge in [0.25, 0.3) is 0 Å². The topological polar surface area (TPSA) is 110 Å². The average molecular weight is 280 g/mol. The number of carbonyl (C=O) groups is 3. The van der Waals surface area contributed by atoms with Crippen LogP contribution in [0.2, 0.25) is 0 Å². The van der Waals surface area contributed by atoms with Crippen molar-refractivity contribution < 1.29 is 34.1 Å². The summed E-state index contributed by atoms with van der Waals surface area (Å²) in [6, 6.07) is 7.82. The highest BCUT2D eigenvalue weighted by atomic mass is 16.7. The molecule has 1 aromatic rings. The fourth-order valence-corrected chi connectivity index (χ4v) is 1.35. The first-order valence-electron chi connectivity index (χ1n) is 5.46. The van der Waals surface area contributed by atoms with E-state index in [0.29, 0.717) is 0 Å². The molecule has 0 unspecified atom stereocenters. The summed E-state index contributed by atoms with van der Waals surface area (Å²) in [6.45, 7) is 0.564. The molecular weight excluding hydrogens is 268 g/mol. The maximum absolute atomic E-state index is 11.0. The molecule has 7 heteroatoms. The second-order valence-corrected chi connectivity index (χ2v) is 3.58. The van der Waals surface area contributed by atoms with E-state index in [-0.39, 0.29) is 11.3 Å². The number of ether oxygens (including phenoxy) is 2. The molecule has 0 amide bonds. The zero-order valence-corrected chi connectivity index (χ0v) is 10.5. The number of hydrogen-bond acceptors (Lipinski definition) is 5. The first kappa shape index (κ1) is 15.2. The Morgan fingerprint density at radius 3 is 2.00 bits per heavy atom. The zero-order chi connectivity index (χ0) is 15.1. The van der Waals surface area contributed by atoms with Crippen molar-refractivity contribution in [3.63, 3.8) is 0 Å². The number of rotatable bonds is 6. The van der Waals surface area contributed by atoms with E-state index < -0.39 is 30.3 Å². The molecule has 0 radical (unpaired) electrons. The second-order valence-electron chi connectivity index (χ2n) is 3.58. The van der Waals surface area contributed by atoms with Crippen molar-refractivity contribution in [2.75, 3.05) is 6.79 Å². The third-order valence-corrected chi connectivity index (χ3v) is 2.16. The normalized spacial score (nSPS) is 9.45. The van der Waals surface area contributed by atoms with Crippen LogP contribution in [0.25, 0.3) is 5.76 Å². The minimum absolute atomic E-state index is 0.249. The number of benzene rings is 1. The molecule has 106 valence electrons. The largest absolute Gasteiger partial charge is 0.477 e. The number of carboxylic acids is 2. The van der Waals surface area contributed by atoms with Crippen LogP contribution in [0.1, 0.15) is 12.5 Å². The van der Waals surface area contributed by atoms with Crippen LogP contribution in [0.4, 0.5) is 0 Å². The van der Waals surface area contributed by atoms with Crippen LogP contribution >= 0.6 is 0 Å². The molecule has 20 heavy (non-hydrogen) atoms. The molecule has 0 aliphatic carbocycles. The summed E-state index contributed by atoms with van der Waals surface area (Å²) in [5, 5.41) is 17.9. The van der Waals surface area contributed by atoms with Gasteiger partial charge in [-0.3, -0.25) is 4.79 Å². The molecule has 0 aliphatic heterocycles. The molecule has 0 saturated heterocycles. The minimum atomic E-state index is -1.65. The summed E-state index contributed by atoms with van der Waals surface area (Å²) < 4.78 is 9.52. The van der Waals surface area contributed by atoms with Gasteiger partial charge in [-0.15, -0.1) is 0 Å². The van der Waals surface area contributed by atoms with Gasteiger partial charge in [0.15, 0.2) is 11.3 Å². The van der Waals surface area contributed by atoms with Gasteiger partial charge in [-0.25, -0.2) is 9.59 Å². The Morgan fingerprint density at radius 2 is 1.55 bits per heavy atom. The number of aliphatic carboxylic acids is 2. The highest BCUT2D eigenvalue weighted by Crippen LogP contribution is 2.21. The predicted molar refractivity (Wildman–Crippen MR) is 66.4 cm³/mol. The summed E-state index contributed by atoms with van der Waals surface area (Å²) in [5.74, 6) is -4.32. The predicted octanol–water partition coefficient (Wildman–Crippen LogP) is 1.10. The summed E-state index contributed by atoms with van der Waals surface area (Å²) in [5.41, 5.74) is -0.692. The Kier molecular flexibility index (Phi) is 5.28. The van der Waals surface area contributed by atoms with E-state index in [4.69, 9.17) is 14.9 Å². The lowest BCUT2D eigenvalue weighted by molar-refractivity contribution is -0.148. The minimum Gasteiger partial charge on any atom is -0.477 e. The Bertz CT molecular complexity index is 529. The van der Waals surface area contributed by atoms with Gasteiger partial charge in [0, 0.05) is 12.5 Å². The maximum atomic E-state index is 11.0. The number of hydrogen-bond donors (Lipinski definition) is 2. The molecule has 2 N–H and O–H groups in total. The molecule has 0 heterocycles. The third kappa shape index (κ3) is 4.13. The molecule has 7 nitrogen and oxygen atoms in total. The van der Waals surface area contributed by atoms with E-state index >= 15 is 0 Å². The molecule has 0 aromatic heterocycles. The monoisotopic (exact) mass is 280 g/mol. The van der Waals surface area contributed by atoms with Crippen molar-refractivity contribution in [1.29, 1.82) is 0 Å². The van der Waals surface area contributed by atoms with Crippen molar-refractivity contribution in [2.45, 2.75) is 6.92 Å². The summed E-state index contributed by atoms with van der Waals surface area (Å²) in [4.78, 5) is 32.7. The van der Waals surface area contributed by atoms with Gasteiger partial charge >= 0.3 is 17.9 Å². The van der Waals surface area contributed by atoms with Crippen LogP contribution in [-0.4, -0.2) is 34.9 Å². The molecule has 0 aliphatic rings. The first-order chi connectivity index (χ1) is 9.43. The maximum Gasteiger partial charge on any atom is 0.347 e. The summed E-state index contributed by atoms with van der Waals surface area (Å²) in [6.07, 6.45) is 0. The number of carbonyl (C=O) groups excluding carboxylic acids is 1. The Balaban J connectivity index is 3.19. The Labute approximate surface area is 114 Å². The van der Waals surface area contributed by atoms with Crippen LogP contribution in [0.5, 0.6) is 0 Å². The van der Waals surface area contributed by atoms with Crippen LogP contribution in [0.15, 0.2) is 35.9 Å². The second kappa shape index (κ2) is 6.93. The average Bonchev–Trinajstić information content (AvgIpc) is 2.37. The number of esters is 1. The van der Waals surface area contributed by atoms with Gasteiger partial charge in [-0.05, 0) is 0 Å². The van der Waals surface area contributed by atoms with Crippen LogP contribution in [-0.2, 0) is 23.9 Å². The lowest BCUT2D eigenvalue weighted by Gasteiger charge is -2.12. The van der Waals surface area contributed by atoms with Crippen molar-refractivity contribution in [1.82, 2.24) is 0 Å². The van der Waals surface area contributed by atoms with Gasteiger partial charge in [-0.2, -0.15) is 0 Å². The standard InChI is InChI=1S/C13H12O7/c1-8(14)19-7-20-11(9-5-3-2-4-6-9)10(12(15)16)13(17)18/h2-6H,7H2,1H3,(H,15,16)(H,17,18).